The highest BCUT2D eigenvalue weighted by Crippen LogP contribution is 2.27. The van der Waals surface area contributed by atoms with Crippen molar-refractivity contribution in [3.8, 4) is 0 Å². The fraction of sp³-hybridized carbons (Fsp3) is 0.0667. The topological polar surface area (TPSA) is 266 Å². The lowest BCUT2D eigenvalue weighted by atomic mass is 9.97. The van der Waals surface area contributed by atoms with Crippen LogP contribution in [0.5, 0.6) is 0 Å². The fourth-order valence-electron chi connectivity index (χ4n) is 4.31. The fourth-order valence-corrected chi connectivity index (χ4v) is 5.70. The molecule has 0 unspecified atom stereocenters. The van der Waals surface area contributed by atoms with Crippen LogP contribution in [0, 0.1) is 0 Å². The molecule has 0 fully saturated rings. The first-order valence-corrected chi connectivity index (χ1v) is 16.2. The highest BCUT2D eigenvalue weighted by Gasteiger charge is 2.25. The van der Waals surface area contributed by atoms with Crippen molar-refractivity contribution in [1.82, 2.24) is 0 Å². The highest BCUT2D eigenvalue weighted by molar-refractivity contribution is 7.86. The highest BCUT2D eigenvalue weighted by atomic mass is 32.2. The average Bonchev–Trinajstić information content (AvgIpc) is 3.00. The Hall–Kier alpha value is -5.82. The van der Waals surface area contributed by atoms with E-state index in [2.05, 4.69) is 21.1 Å². The molecule has 4 rings (SSSR count). The number of hydrogen-bond donors (Lipinski definition) is 6. The number of nitrogens with zero attached hydrogens (tertiary/aromatic N) is 2. The quantitative estimate of drug-likeness (QED) is 0.0686. The molecule has 0 aromatic heterocycles. The second-order valence-electron chi connectivity index (χ2n) is 10.1. The van der Waals surface area contributed by atoms with Crippen molar-refractivity contribution in [2.75, 3.05) is 10.9 Å². The van der Waals surface area contributed by atoms with Crippen LogP contribution in [0.3, 0.4) is 0 Å². The number of Topliss-reactive ketones (excluding diaryl/α,β-unsaturated/α-hetero) is 2. The standard InChI is InChI=1S/C30H24N4O12S2/c1-15-9-20(12-22(27(15)35)29(37)38)32-31-19-7-6-18(25(14-19)47(41,42)43)5-3-17-4-8-24(26(11-17)48(44,45)46)34-33-21-10-16(2)28(36)23(13-21)30(39)40/h3-14,31,34H,1-2H3,(H,37,38)(H,39,40)(H,41,42,43)(H,44,45,46). The van der Waals surface area contributed by atoms with Crippen LogP contribution in [-0.2, 0) is 39.4 Å². The number of hydrazone groups is 2. The van der Waals surface area contributed by atoms with Crippen LogP contribution in [0.25, 0.3) is 12.2 Å². The lowest BCUT2D eigenvalue weighted by Gasteiger charge is -2.11. The minimum atomic E-state index is -4.86. The van der Waals surface area contributed by atoms with Crippen LogP contribution in [-0.4, -0.2) is 71.1 Å². The van der Waals surface area contributed by atoms with E-state index in [1.165, 1.54) is 62.4 Å². The van der Waals surface area contributed by atoms with E-state index < -0.39 is 64.7 Å². The van der Waals surface area contributed by atoms with Crippen LogP contribution in [0.2, 0.25) is 0 Å². The Morgan fingerprint density at radius 2 is 1.21 bits per heavy atom. The SMILES string of the molecule is CC1=CC(=NNc2ccc(C=Cc3ccc(NN=C4C=C(C)C(=O)C(C(=O)O)=C4)c(S(=O)(=O)O)c3)c(S(=O)(=O)O)c2)C=C(C(=O)O)C1=O. The zero-order valence-corrected chi connectivity index (χ0v) is 26.3. The van der Waals surface area contributed by atoms with E-state index in [-0.39, 0.29) is 45.1 Å². The normalized spacial score (nSPS) is 17.2. The summed E-state index contributed by atoms with van der Waals surface area (Å²) >= 11 is 0. The van der Waals surface area contributed by atoms with Crippen molar-refractivity contribution in [2.24, 2.45) is 10.2 Å². The van der Waals surface area contributed by atoms with Crippen molar-refractivity contribution in [3.63, 3.8) is 0 Å². The summed E-state index contributed by atoms with van der Waals surface area (Å²) in [5, 5.41) is 26.4. The van der Waals surface area contributed by atoms with E-state index in [1.54, 1.807) is 0 Å². The summed E-state index contributed by atoms with van der Waals surface area (Å²) in [6.45, 7) is 2.78. The second kappa shape index (κ2) is 13.5. The van der Waals surface area contributed by atoms with Gasteiger partial charge in [-0.05, 0) is 84.7 Å². The molecule has 0 aliphatic heterocycles. The summed E-state index contributed by atoms with van der Waals surface area (Å²) in [6, 6.07) is 7.31. The number of aliphatic carboxylic acids is 2. The van der Waals surface area contributed by atoms with Gasteiger partial charge in [0, 0.05) is 0 Å². The predicted octanol–water partition coefficient (Wildman–Crippen LogP) is 2.97. The lowest BCUT2D eigenvalue weighted by Crippen LogP contribution is -2.19. The van der Waals surface area contributed by atoms with Gasteiger partial charge in [0.15, 0.2) is 11.6 Å². The number of carbonyl (C=O) groups excluding carboxylic acids is 2. The Bertz CT molecular complexity index is 2240. The Balaban J connectivity index is 1.63. The van der Waals surface area contributed by atoms with E-state index in [4.69, 9.17) is 0 Å². The smallest absolute Gasteiger partial charge is 0.339 e. The van der Waals surface area contributed by atoms with Crippen LogP contribution < -0.4 is 10.9 Å². The lowest BCUT2D eigenvalue weighted by molar-refractivity contribution is -0.135. The van der Waals surface area contributed by atoms with Crippen molar-refractivity contribution < 1.29 is 55.3 Å². The van der Waals surface area contributed by atoms with Gasteiger partial charge in [0.1, 0.15) is 20.9 Å². The van der Waals surface area contributed by atoms with Gasteiger partial charge >= 0.3 is 11.9 Å². The molecular weight excluding hydrogens is 672 g/mol. The number of ketones is 2. The third-order valence-electron chi connectivity index (χ3n) is 6.63. The van der Waals surface area contributed by atoms with Gasteiger partial charge in [0.2, 0.25) is 0 Å². The number of hydrogen-bond acceptors (Lipinski definition) is 12. The molecule has 48 heavy (non-hydrogen) atoms. The summed E-state index contributed by atoms with van der Waals surface area (Å²) in [5.41, 5.74) is 4.08. The minimum absolute atomic E-state index is 0.0151. The molecule has 0 amide bonds. The summed E-state index contributed by atoms with van der Waals surface area (Å²) in [5.74, 6) is -4.33. The molecule has 0 bridgehead atoms. The Morgan fingerprint density at radius 3 is 1.71 bits per heavy atom. The zero-order valence-electron chi connectivity index (χ0n) is 24.7. The van der Waals surface area contributed by atoms with Gasteiger partial charge in [-0.25, -0.2) is 9.59 Å². The average molecular weight is 697 g/mol. The van der Waals surface area contributed by atoms with Gasteiger partial charge in [0.25, 0.3) is 20.2 Å². The zero-order chi connectivity index (χ0) is 35.6. The number of carboxylic acids is 2. The van der Waals surface area contributed by atoms with Crippen LogP contribution >= 0.6 is 0 Å². The van der Waals surface area contributed by atoms with E-state index in [1.807, 2.05) is 0 Å². The maximum absolute atomic E-state index is 12.2. The summed E-state index contributed by atoms with van der Waals surface area (Å²) in [6.07, 6.45) is 7.13. The number of benzene rings is 2. The van der Waals surface area contributed by atoms with Gasteiger partial charge in [-0.15, -0.1) is 0 Å². The number of allylic oxidation sites excluding steroid dienone is 6. The van der Waals surface area contributed by atoms with Crippen LogP contribution in [0.15, 0.2) is 103 Å². The molecule has 6 N–H and O–H groups in total. The molecular formula is C30H24N4O12S2. The second-order valence-corrected chi connectivity index (χ2v) is 12.9. The molecule has 0 atom stereocenters. The predicted molar refractivity (Wildman–Crippen MR) is 173 cm³/mol. The van der Waals surface area contributed by atoms with E-state index >= 15 is 0 Å². The van der Waals surface area contributed by atoms with Gasteiger partial charge in [-0.3, -0.25) is 29.5 Å². The van der Waals surface area contributed by atoms with E-state index in [0.717, 1.165) is 24.3 Å². The number of carboxylic acid groups (broad SMARTS) is 2. The maximum Gasteiger partial charge on any atom is 0.339 e. The van der Waals surface area contributed by atoms with E-state index in [0.29, 0.717) is 0 Å². The van der Waals surface area contributed by atoms with Gasteiger partial charge < -0.3 is 10.2 Å². The summed E-state index contributed by atoms with van der Waals surface area (Å²) in [4.78, 5) is 45.5. The Labute approximate surface area is 272 Å². The number of carbonyl (C=O) groups is 4. The van der Waals surface area contributed by atoms with E-state index in [9.17, 15) is 55.3 Å². The van der Waals surface area contributed by atoms with Gasteiger partial charge in [-0.1, -0.05) is 24.3 Å². The third kappa shape index (κ3) is 8.12. The molecule has 0 heterocycles. The molecule has 0 saturated heterocycles. The monoisotopic (exact) mass is 696 g/mol. The largest absolute Gasteiger partial charge is 0.478 e. The first kappa shape index (κ1) is 35.0. The molecule has 16 nitrogen and oxygen atoms in total. The molecule has 2 aliphatic rings. The summed E-state index contributed by atoms with van der Waals surface area (Å²) < 4.78 is 68.4. The Kier molecular flexibility index (Phi) is 9.85. The molecule has 0 saturated carbocycles. The number of nitrogens with one attached hydrogen (secondary N) is 2. The molecule has 0 spiro atoms. The van der Waals surface area contributed by atoms with Gasteiger partial charge in [-0.2, -0.15) is 27.0 Å². The minimum Gasteiger partial charge on any atom is -0.478 e. The molecule has 18 heteroatoms. The van der Waals surface area contributed by atoms with Gasteiger partial charge in [0.05, 0.1) is 22.8 Å². The first-order chi connectivity index (χ1) is 22.3. The van der Waals surface area contributed by atoms with Crippen molar-refractivity contribution in [2.45, 2.75) is 23.6 Å². The molecule has 248 valence electrons. The molecule has 2 aromatic carbocycles. The number of anilines is 2. The third-order valence-corrected chi connectivity index (χ3v) is 8.43. The molecule has 2 aliphatic carbocycles. The number of rotatable bonds is 10. The molecule has 0 radical (unpaired) electrons. The molecule has 2 aromatic rings. The summed E-state index contributed by atoms with van der Waals surface area (Å²) in [7, 11) is -9.69. The maximum atomic E-state index is 12.2. The Morgan fingerprint density at radius 1 is 0.688 bits per heavy atom. The van der Waals surface area contributed by atoms with Crippen molar-refractivity contribution >= 4 is 78.7 Å². The van der Waals surface area contributed by atoms with Crippen LogP contribution in [0.1, 0.15) is 25.0 Å². The first-order valence-electron chi connectivity index (χ1n) is 13.3. The van der Waals surface area contributed by atoms with Crippen molar-refractivity contribution in [3.05, 3.63) is 94.1 Å². The van der Waals surface area contributed by atoms with Crippen LogP contribution in [0.4, 0.5) is 11.4 Å². The van der Waals surface area contributed by atoms with Crippen molar-refractivity contribution in [1.29, 1.82) is 0 Å².